The van der Waals surface area contributed by atoms with E-state index < -0.39 is 9.84 Å². The van der Waals surface area contributed by atoms with Crippen LogP contribution in [-0.2, 0) is 25.8 Å². The highest BCUT2D eigenvalue weighted by Gasteiger charge is 2.22. The summed E-state index contributed by atoms with van der Waals surface area (Å²) < 4.78 is 22.5. The van der Waals surface area contributed by atoms with Gasteiger partial charge in [0.15, 0.2) is 5.13 Å². The van der Waals surface area contributed by atoms with Crippen molar-refractivity contribution in [2.45, 2.75) is 20.3 Å². The van der Waals surface area contributed by atoms with Gasteiger partial charge in [0.25, 0.3) is 0 Å². The van der Waals surface area contributed by atoms with E-state index >= 15 is 0 Å². The molecule has 0 saturated carbocycles. The minimum atomic E-state index is -2.97. The molecule has 2 rings (SSSR count). The van der Waals surface area contributed by atoms with Gasteiger partial charge in [-0.2, -0.15) is 0 Å². The maximum absolute atomic E-state index is 12.4. The zero-order valence-corrected chi connectivity index (χ0v) is 17.0. The number of carbonyl (C=O) groups excluding carboxylic acids is 2. The van der Waals surface area contributed by atoms with Crippen LogP contribution in [0.5, 0.6) is 0 Å². The van der Waals surface area contributed by atoms with Gasteiger partial charge in [-0.3, -0.25) is 14.5 Å². The summed E-state index contributed by atoms with van der Waals surface area (Å²) in [5.41, 5.74) is 0.651. The second-order valence-electron chi connectivity index (χ2n) is 6.82. The molecule has 8 nitrogen and oxygen atoms in total. The molecule has 26 heavy (non-hydrogen) atoms. The van der Waals surface area contributed by atoms with Crippen molar-refractivity contribution in [3.63, 3.8) is 0 Å². The quantitative estimate of drug-likeness (QED) is 0.712. The Morgan fingerprint density at radius 2 is 1.92 bits per heavy atom. The molecule has 0 spiro atoms. The van der Waals surface area contributed by atoms with Crippen molar-refractivity contribution in [1.82, 2.24) is 14.8 Å². The summed E-state index contributed by atoms with van der Waals surface area (Å²) in [5, 5.41) is 5.03. The van der Waals surface area contributed by atoms with Crippen LogP contribution in [0.2, 0.25) is 0 Å². The van der Waals surface area contributed by atoms with Crippen molar-refractivity contribution < 1.29 is 18.0 Å². The van der Waals surface area contributed by atoms with Crippen LogP contribution in [0.25, 0.3) is 0 Å². The standard InChI is InChI=1S/C16H26N4O4S2/c1-12(2)15(22)18-16-17-13(11-25-16)10-14(21)20-6-4-19(5-7-20)8-9-26(3,23)24/h11-12H,4-10H2,1-3H3,(H,17,18,22). The zero-order valence-electron chi connectivity index (χ0n) is 15.4. The van der Waals surface area contributed by atoms with Gasteiger partial charge in [0.2, 0.25) is 11.8 Å². The average Bonchev–Trinajstić information content (AvgIpc) is 2.99. The topological polar surface area (TPSA) is 99.7 Å². The third-order valence-electron chi connectivity index (χ3n) is 4.14. The number of hydrogen-bond donors (Lipinski definition) is 1. The predicted octanol–water partition coefficient (Wildman–Crippen LogP) is 0.469. The van der Waals surface area contributed by atoms with Crippen molar-refractivity contribution >= 4 is 38.1 Å². The van der Waals surface area contributed by atoms with Crippen molar-refractivity contribution in [2.24, 2.45) is 5.92 Å². The Hall–Kier alpha value is -1.52. The number of carbonyl (C=O) groups is 2. The molecule has 0 aliphatic carbocycles. The molecular weight excluding hydrogens is 376 g/mol. The van der Waals surface area contributed by atoms with Crippen LogP contribution in [0.4, 0.5) is 5.13 Å². The molecule has 1 N–H and O–H groups in total. The molecule has 0 radical (unpaired) electrons. The van der Waals surface area contributed by atoms with E-state index in [9.17, 15) is 18.0 Å². The molecule has 1 aliphatic rings. The molecule has 2 amide bonds. The van der Waals surface area contributed by atoms with Gasteiger partial charge in [-0.05, 0) is 0 Å². The number of rotatable bonds is 7. The predicted molar refractivity (Wildman–Crippen MR) is 102 cm³/mol. The van der Waals surface area contributed by atoms with Crippen LogP contribution in [0, 0.1) is 5.92 Å². The first-order chi connectivity index (χ1) is 12.1. The molecule has 1 aromatic rings. The highest BCUT2D eigenvalue weighted by Crippen LogP contribution is 2.17. The van der Waals surface area contributed by atoms with E-state index in [0.29, 0.717) is 43.5 Å². The molecule has 146 valence electrons. The Kier molecular flexibility index (Phi) is 7.13. The number of nitrogens with zero attached hydrogens (tertiary/aromatic N) is 3. The molecule has 1 aliphatic heterocycles. The molecular formula is C16H26N4O4S2. The largest absolute Gasteiger partial charge is 0.340 e. The minimum absolute atomic E-state index is 0.000186. The minimum Gasteiger partial charge on any atom is -0.340 e. The summed E-state index contributed by atoms with van der Waals surface area (Å²) in [6.45, 7) is 6.65. The van der Waals surface area contributed by atoms with E-state index in [1.807, 2.05) is 13.8 Å². The Labute approximate surface area is 158 Å². The summed E-state index contributed by atoms with van der Waals surface area (Å²) in [6, 6.07) is 0. The zero-order chi connectivity index (χ0) is 19.3. The normalized spacial score (nSPS) is 16.1. The fourth-order valence-corrected chi connectivity index (χ4v) is 3.78. The van der Waals surface area contributed by atoms with Crippen molar-refractivity contribution in [2.75, 3.05) is 50.0 Å². The van der Waals surface area contributed by atoms with Gasteiger partial charge in [0.1, 0.15) is 9.84 Å². The number of aromatic nitrogens is 1. The summed E-state index contributed by atoms with van der Waals surface area (Å²) in [5.74, 6) is -0.0739. The number of thiazole rings is 1. The van der Waals surface area contributed by atoms with Gasteiger partial charge in [-0.1, -0.05) is 13.8 Å². The summed E-state index contributed by atoms with van der Waals surface area (Å²) >= 11 is 1.31. The highest BCUT2D eigenvalue weighted by molar-refractivity contribution is 7.90. The van der Waals surface area contributed by atoms with E-state index in [1.54, 1.807) is 10.3 Å². The van der Waals surface area contributed by atoms with E-state index in [1.165, 1.54) is 17.6 Å². The second-order valence-corrected chi connectivity index (χ2v) is 9.93. The summed E-state index contributed by atoms with van der Waals surface area (Å²) in [7, 11) is -2.97. The number of nitrogens with one attached hydrogen (secondary N) is 1. The Morgan fingerprint density at radius 3 is 2.50 bits per heavy atom. The van der Waals surface area contributed by atoms with Crippen LogP contribution in [0.3, 0.4) is 0 Å². The van der Waals surface area contributed by atoms with Crippen LogP contribution in [-0.4, -0.2) is 79.7 Å². The first-order valence-electron chi connectivity index (χ1n) is 8.57. The van der Waals surface area contributed by atoms with Crippen molar-refractivity contribution in [3.05, 3.63) is 11.1 Å². The van der Waals surface area contributed by atoms with Gasteiger partial charge < -0.3 is 10.2 Å². The second kappa shape index (κ2) is 8.92. The molecule has 0 unspecified atom stereocenters. The van der Waals surface area contributed by atoms with Gasteiger partial charge in [0.05, 0.1) is 17.9 Å². The number of anilines is 1. The average molecular weight is 403 g/mol. The maximum Gasteiger partial charge on any atom is 0.228 e. The highest BCUT2D eigenvalue weighted by atomic mass is 32.2. The van der Waals surface area contributed by atoms with Gasteiger partial charge in [-0.25, -0.2) is 13.4 Å². The summed E-state index contributed by atoms with van der Waals surface area (Å²) in [4.78, 5) is 32.2. The lowest BCUT2D eigenvalue weighted by Crippen LogP contribution is -2.50. The van der Waals surface area contributed by atoms with E-state index in [2.05, 4.69) is 15.2 Å². The van der Waals surface area contributed by atoms with Crippen molar-refractivity contribution in [3.8, 4) is 0 Å². The van der Waals surface area contributed by atoms with Crippen LogP contribution < -0.4 is 5.32 Å². The fourth-order valence-electron chi connectivity index (χ4n) is 2.48. The lowest BCUT2D eigenvalue weighted by Gasteiger charge is -2.34. The Balaban J connectivity index is 1.79. The van der Waals surface area contributed by atoms with Gasteiger partial charge in [-0.15, -0.1) is 11.3 Å². The molecule has 1 aromatic heterocycles. The lowest BCUT2D eigenvalue weighted by atomic mass is 10.2. The first-order valence-corrected chi connectivity index (χ1v) is 11.5. The Bertz CT molecular complexity index is 737. The van der Waals surface area contributed by atoms with Crippen LogP contribution >= 0.6 is 11.3 Å². The third-order valence-corrected chi connectivity index (χ3v) is 5.87. The number of sulfone groups is 1. The van der Waals surface area contributed by atoms with Gasteiger partial charge in [0, 0.05) is 50.3 Å². The molecule has 0 aromatic carbocycles. The molecule has 1 saturated heterocycles. The van der Waals surface area contributed by atoms with Gasteiger partial charge >= 0.3 is 0 Å². The number of piperazine rings is 1. The van der Waals surface area contributed by atoms with Crippen molar-refractivity contribution in [1.29, 1.82) is 0 Å². The Morgan fingerprint density at radius 1 is 1.27 bits per heavy atom. The SMILES string of the molecule is CC(C)C(=O)Nc1nc(CC(=O)N2CCN(CCS(C)(=O)=O)CC2)cs1. The molecule has 0 atom stereocenters. The van der Waals surface area contributed by atoms with E-state index in [4.69, 9.17) is 0 Å². The fraction of sp³-hybridized carbons (Fsp3) is 0.688. The monoisotopic (exact) mass is 402 g/mol. The lowest BCUT2D eigenvalue weighted by molar-refractivity contribution is -0.132. The van der Waals surface area contributed by atoms with Crippen LogP contribution in [0.1, 0.15) is 19.5 Å². The van der Waals surface area contributed by atoms with E-state index in [0.717, 1.165) is 0 Å². The molecule has 0 bridgehead atoms. The van der Waals surface area contributed by atoms with E-state index in [-0.39, 0.29) is 29.9 Å². The maximum atomic E-state index is 12.4. The smallest absolute Gasteiger partial charge is 0.228 e. The van der Waals surface area contributed by atoms with Crippen LogP contribution in [0.15, 0.2) is 5.38 Å². The number of hydrogen-bond acceptors (Lipinski definition) is 7. The molecule has 10 heteroatoms. The molecule has 1 fully saturated rings. The first kappa shape index (κ1) is 20.8. The molecule has 2 heterocycles. The number of amides is 2. The third kappa shape index (κ3) is 6.65. The summed E-state index contributed by atoms with van der Waals surface area (Å²) in [6.07, 6.45) is 1.44.